The molecule has 0 bridgehead atoms. The molecule has 1 nitrogen and oxygen atoms in total. The molecule has 0 radical (unpaired) electrons. The first kappa shape index (κ1) is 14.2. The van der Waals surface area contributed by atoms with Crippen molar-refractivity contribution in [3.8, 4) is 0 Å². The van der Waals surface area contributed by atoms with Crippen LogP contribution in [-0.4, -0.2) is 23.1 Å². The number of hydrogen-bond donors (Lipinski definition) is 1. The molecule has 0 aromatic heterocycles. The van der Waals surface area contributed by atoms with Crippen LogP contribution in [0.25, 0.3) is 0 Å². The van der Waals surface area contributed by atoms with E-state index in [1.54, 1.807) is 0 Å². The maximum atomic E-state index is 12.8. The highest BCUT2D eigenvalue weighted by atomic mass is 19.4. The van der Waals surface area contributed by atoms with Crippen LogP contribution in [0.4, 0.5) is 26.3 Å². The number of aliphatic hydroxyl groups is 1. The molecule has 4 saturated carbocycles. The van der Waals surface area contributed by atoms with Gasteiger partial charge in [-0.1, -0.05) is 13.8 Å². The highest BCUT2D eigenvalue weighted by Crippen LogP contribution is 3.06. The van der Waals surface area contributed by atoms with Gasteiger partial charge in [0.05, 0.1) is 0 Å². The predicted octanol–water partition coefficient (Wildman–Crippen LogP) is 3.77. The van der Waals surface area contributed by atoms with E-state index in [0.29, 0.717) is 18.3 Å². The van der Waals surface area contributed by atoms with Gasteiger partial charge in [0.2, 0.25) is 0 Å². The van der Waals surface area contributed by atoms with Gasteiger partial charge in [0.15, 0.2) is 0 Å². The summed E-state index contributed by atoms with van der Waals surface area (Å²) in [6.45, 7) is 3.97. The first-order valence-corrected chi connectivity index (χ1v) is 7.23. The Labute approximate surface area is 117 Å². The summed E-state index contributed by atoms with van der Waals surface area (Å²) in [6, 6.07) is 0. The van der Waals surface area contributed by atoms with Crippen molar-refractivity contribution in [2.24, 2.45) is 40.4 Å². The summed E-state index contributed by atoms with van der Waals surface area (Å²) in [7, 11) is 0. The monoisotopic (exact) mass is 314 g/mol. The van der Waals surface area contributed by atoms with E-state index in [4.69, 9.17) is 0 Å². The van der Waals surface area contributed by atoms with Crippen LogP contribution >= 0.6 is 0 Å². The van der Waals surface area contributed by atoms with Crippen molar-refractivity contribution >= 4 is 0 Å². The quantitative estimate of drug-likeness (QED) is 0.769. The van der Waals surface area contributed by atoms with Gasteiger partial charge in [-0.05, 0) is 53.3 Å². The van der Waals surface area contributed by atoms with Crippen LogP contribution in [0.3, 0.4) is 0 Å². The zero-order valence-electron chi connectivity index (χ0n) is 11.5. The molecule has 21 heavy (non-hydrogen) atoms. The molecule has 7 heteroatoms. The minimum Gasteiger partial charge on any atom is -0.374 e. The van der Waals surface area contributed by atoms with Gasteiger partial charge >= 0.3 is 12.4 Å². The van der Waals surface area contributed by atoms with Crippen LogP contribution in [0.2, 0.25) is 0 Å². The molecule has 0 aromatic carbocycles. The van der Waals surface area contributed by atoms with Crippen LogP contribution in [0.1, 0.15) is 26.7 Å². The largest absolute Gasteiger partial charge is 0.426 e. The minimum atomic E-state index is -5.68. The second kappa shape index (κ2) is 3.10. The normalized spacial score (nSPS) is 53.9. The zero-order chi connectivity index (χ0) is 15.8. The Kier molecular flexibility index (Phi) is 2.09. The molecule has 4 aliphatic carbocycles. The summed E-state index contributed by atoms with van der Waals surface area (Å²) in [4.78, 5) is 0. The molecule has 7 atom stereocenters. The molecule has 6 unspecified atom stereocenters. The number of rotatable bonds is 2. The maximum Gasteiger partial charge on any atom is 0.426 e. The third kappa shape index (κ3) is 1.08. The summed E-state index contributed by atoms with van der Waals surface area (Å²) < 4.78 is 76.9. The third-order valence-corrected chi connectivity index (χ3v) is 7.50. The second-order valence-electron chi connectivity index (χ2n) is 7.56. The van der Waals surface area contributed by atoms with Gasteiger partial charge in [0.25, 0.3) is 5.60 Å². The van der Waals surface area contributed by atoms with E-state index < -0.39 is 30.3 Å². The minimum absolute atomic E-state index is 0.0137. The first-order chi connectivity index (χ1) is 9.37. The molecule has 4 fully saturated rings. The van der Waals surface area contributed by atoms with Crippen LogP contribution in [0.5, 0.6) is 0 Å². The summed E-state index contributed by atoms with van der Waals surface area (Å²) in [6.07, 6.45) is -12.2. The molecular weight excluding hydrogens is 298 g/mol. The van der Waals surface area contributed by atoms with E-state index in [2.05, 4.69) is 0 Å². The number of fused-ring (bicyclic) bond motifs is 1. The van der Waals surface area contributed by atoms with Gasteiger partial charge in [-0.25, -0.2) is 0 Å². The summed E-state index contributed by atoms with van der Waals surface area (Å²) in [5.74, 6) is 0.778. The molecule has 2 spiro atoms. The average molecular weight is 314 g/mol. The fourth-order valence-electron chi connectivity index (χ4n) is 6.81. The van der Waals surface area contributed by atoms with Gasteiger partial charge in [-0.15, -0.1) is 0 Å². The highest BCUT2D eigenvalue weighted by molar-refractivity contribution is 5.49. The van der Waals surface area contributed by atoms with Crippen molar-refractivity contribution in [1.29, 1.82) is 0 Å². The van der Waals surface area contributed by atoms with E-state index in [1.165, 1.54) is 0 Å². The zero-order valence-corrected chi connectivity index (χ0v) is 11.5. The molecule has 1 N–H and O–H groups in total. The number of hydrogen-bond acceptors (Lipinski definition) is 1. The van der Waals surface area contributed by atoms with Crippen molar-refractivity contribution in [2.45, 2.75) is 44.6 Å². The molecule has 0 amide bonds. The van der Waals surface area contributed by atoms with Crippen molar-refractivity contribution in [2.75, 3.05) is 0 Å². The van der Waals surface area contributed by atoms with E-state index >= 15 is 0 Å². The Bertz CT molecular complexity index is 511. The molecule has 0 aromatic rings. The Hall–Kier alpha value is -0.460. The van der Waals surface area contributed by atoms with E-state index in [0.717, 1.165) is 0 Å². The molecular formula is C14H16F6O. The SMILES string of the molecule is CC1C2C3[C@@H](C)C34C(CC(O)(C(F)(F)F)C(F)(F)F)CC124. The van der Waals surface area contributed by atoms with E-state index in [9.17, 15) is 31.4 Å². The van der Waals surface area contributed by atoms with Gasteiger partial charge in [-0.3, -0.25) is 0 Å². The lowest BCUT2D eigenvalue weighted by Gasteiger charge is -2.57. The van der Waals surface area contributed by atoms with E-state index in [1.807, 2.05) is 13.8 Å². The Morgan fingerprint density at radius 2 is 1.48 bits per heavy atom. The molecule has 4 rings (SSSR count). The smallest absolute Gasteiger partial charge is 0.374 e. The van der Waals surface area contributed by atoms with E-state index in [-0.39, 0.29) is 22.7 Å². The summed E-state index contributed by atoms with van der Waals surface area (Å²) in [5.41, 5.74) is -4.89. The van der Waals surface area contributed by atoms with Crippen LogP contribution < -0.4 is 0 Å². The van der Waals surface area contributed by atoms with Crippen LogP contribution in [0, 0.1) is 40.4 Å². The first-order valence-electron chi connectivity index (χ1n) is 7.23. The maximum absolute atomic E-state index is 12.8. The van der Waals surface area contributed by atoms with Gasteiger partial charge < -0.3 is 5.11 Å². The van der Waals surface area contributed by atoms with Crippen LogP contribution in [0.15, 0.2) is 0 Å². The van der Waals surface area contributed by atoms with Gasteiger partial charge in [-0.2, -0.15) is 26.3 Å². The highest BCUT2D eigenvalue weighted by Gasteiger charge is 3.02. The van der Waals surface area contributed by atoms with Gasteiger partial charge in [0, 0.05) is 0 Å². The van der Waals surface area contributed by atoms with Crippen molar-refractivity contribution in [3.63, 3.8) is 0 Å². The standard InChI is InChI=1S/C14H16F6O/c1-5-8-9-6(2)12(9)7(3-10(5,8)12)4-11(21,13(15,16)17)14(18,19)20/h5-9,21H,3-4H2,1-2H3/t5?,6-,7?,8?,9?,10?,12?/m1/s1. The predicted molar refractivity (Wildman–Crippen MR) is 60.0 cm³/mol. The average Bonchev–Trinajstić information content (AvgIpc) is 3.05. The summed E-state index contributed by atoms with van der Waals surface area (Å²) >= 11 is 0. The van der Waals surface area contributed by atoms with Crippen molar-refractivity contribution in [1.82, 2.24) is 0 Å². The molecule has 4 aliphatic rings. The Morgan fingerprint density at radius 1 is 0.952 bits per heavy atom. The fourth-order valence-corrected chi connectivity index (χ4v) is 6.81. The fraction of sp³-hybridized carbons (Fsp3) is 1.00. The Balaban J connectivity index is 1.60. The van der Waals surface area contributed by atoms with Crippen LogP contribution in [-0.2, 0) is 0 Å². The molecule has 0 saturated heterocycles. The topological polar surface area (TPSA) is 20.2 Å². The third-order valence-electron chi connectivity index (χ3n) is 7.50. The Morgan fingerprint density at radius 3 is 1.90 bits per heavy atom. The lowest BCUT2D eigenvalue weighted by atomic mass is 9.48. The molecule has 0 aliphatic heterocycles. The molecule has 120 valence electrons. The lowest BCUT2D eigenvalue weighted by molar-refractivity contribution is -0.378. The number of halogens is 6. The second-order valence-corrected chi connectivity index (χ2v) is 7.56. The van der Waals surface area contributed by atoms with Crippen molar-refractivity contribution in [3.05, 3.63) is 0 Å². The van der Waals surface area contributed by atoms with Gasteiger partial charge in [0.1, 0.15) is 0 Å². The lowest BCUT2D eigenvalue weighted by Crippen LogP contribution is -2.62. The van der Waals surface area contributed by atoms with Crippen molar-refractivity contribution < 1.29 is 31.4 Å². The summed E-state index contributed by atoms with van der Waals surface area (Å²) in [5, 5.41) is 9.38. The number of alkyl halides is 6. The molecule has 0 heterocycles.